The third-order valence-corrected chi connectivity index (χ3v) is 2.61. The van der Waals surface area contributed by atoms with Crippen LogP contribution < -0.4 is 5.32 Å². The molecule has 0 aliphatic rings. The van der Waals surface area contributed by atoms with Gasteiger partial charge in [-0.25, -0.2) is 0 Å². The van der Waals surface area contributed by atoms with E-state index in [2.05, 4.69) is 11.9 Å². The van der Waals surface area contributed by atoms with E-state index in [0.717, 1.165) is 0 Å². The van der Waals surface area contributed by atoms with Crippen LogP contribution in [-0.4, -0.2) is 29.7 Å². The normalized spacial score (nSPS) is 11.7. The molecule has 1 unspecified atom stereocenters. The first-order valence-corrected chi connectivity index (χ1v) is 6.37. The smallest absolute Gasteiger partial charge is 0.307 e. The lowest BCUT2D eigenvalue weighted by atomic mass is 10.1. The Morgan fingerprint density at radius 1 is 1.50 bits per heavy atom. The summed E-state index contributed by atoms with van der Waals surface area (Å²) in [5.74, 6) is -1.17. The molecule has 1 rings (SSSR count). The first-order valence-electron chi connectivity index (χ1n) is 6.37. The van der Waals surface area contributed by atoms with E-state index in [1.54, 1.807) is 37.3 Å². The van der Waals surface area contributed by atoms with E-state index >= 15 is 0 Å². The zero-order chi connectivity index (χ0) is 15.0. The number of hydrogen-bond acceptors (Lipinski definition) is 3. The molecule has 0 saturated carbocycles. The average Bonchev–Trinajstić information content (AvgIpc) is 2.38. The number of rotatable bonds is 8. The lowest BCUT2D eigenvalue weighted by Gasteiger charge is -2.13. The average molecular weight is 277 g/mol. The van der Waals surface area contributed by atoms with Gasteiger partial charge in [-0.15, -0.1) is 6.58 Å². The highest BCUT2D eigenvalue weighted by atomic mass is 16.5. The highest BCUT2D eigenvalue weighted by Crippen LogP contribution is 2.12. The molecule has 1 aromatic rings. The van der Waals surface area contributed by atoms with Gasteiger partial charge in [-0.3, -0.25) is 9.59 Å². The molecular formula is C15H19NO4. The van der Waals surface area contributed by atoms with Crippen LogP contribution in [-0.2, 0) is 20.7 Å². The number of anilines is 1. The summed E-state index contributed by atoms with van der Waals surface area (Å²) in [4.78, 5) is 22.5. The van der Waals surface area contributed by atoms with E-state index in [1.807, 2.05) is 0 Å². The number of carbonyl (C=O) groups is 2. The number of ether oxygens (including phenoxy) is 1. The number of benzene rings is 1. The number of nitrogens with one attached hydrogen (secondary N) is 1. The Morgan fingerprint density at radius 3 is 2.90 bits per heavy atom. The van der Waals surface area contributed by atoms with Crippen LogP contribution in [0, 0.1) is 0 Å². The molecule has 20 heavy (non-hydrogen) atoms. The third-order valence-electron chi connectivity index (χ3n) is 2.61. The van der Waals surface area contributed by atoms with Crippen molar-refractivity contribution in [2.24, 2.45) is 0 Å². The van der Waals surface area contributed by atoms with Crippen LogP contribution in [0.15, 0.2) is 36.9 Å². The number of amides is 1. The second-order valence-corrected chi connectivity index (χ2v) is 4.35. The topological polar surface area (TPSA) is 75.6 Å². The largest absolute Gasteiger partial charge is 0.481 e. The second-order valence-electron chi connectivity index (χ2n) is 4.35. The van der Waals surface area contributed by atoms with Crippen molar-refractivity contribution < 1.29 is 19.4 Å². The van der Waals surface area contributed by atoms with E-state index in [9.17, 15) is 9.59 Å². The lowest BCUT2D eigenvalue weighted by Crippen LogP contribution is -2.28. The van der Waals surface area contributed by atoms with Crippen molar-refractivity contribution >= 4 is 17.6 Å². The van der Waals surface area contributed by atoms with E-state index in [-0.39, 0.29) is 12.3 Å². The minimum atomic E-state index is -0.908. The van der Waals surface area contributed by atoms with Crippen molar-refractivity contribution in [3.05, 3.63) is 42.5 Å². The molecule has 1 aromatic carbocycles. The molecule has 1 atom stereocenters. The van der Waals surface area contributed by atoms with Crippen LogP contribution in [0.1, 0.15) is 18.9 Å². The Labute approximate surface area is 118 Å². The Kier molecular flexibility index (Phi) is 6.46. The molecule has 0 aromatic heterocycles. The fraction of sp³-hybridized carbons (Fsp3) is 0.333. The Balaban J connectivity index is 2.56. The fourth-order valence-corrected chi connectivity index (χ4v) is 1.58. The van der Waals surface area contributed by atoms with Gasteiger partial charge in [0.05, 0.1) is 13.0 Å². The van der Waals surface area contributed by atoms with Crippen molar-refractivity contribution in [3.63, 3.8) is 0 Å². The van der Waals surface area contributed by atoms with Crippen molar-refractivity contribution in [3.8, 4) is 0 Å². The summed E-state index contributed by atoms with van der Waals surface area (Å²) in [6, 6.07) is 6.76. The number of carboxylic acid groups (broad SMARTS) is 1. The van der Waals surface area contributed by atoms with Gasteiger partial charge >= 0.3 is 5.97 Å². The predicted molar refractivity (Wildman–Crippen MR) is 76.6 cm³/mol. The highest BCUT2D eigenvalue weighted by molar-refractivity contribution is 5.94. The molecule has 1 amide bonds. The van der Waals surface area contributed by atoms with Crippen LogP contribution in [0.25, 0.3) is 0 Å². The van der Waals surface area contributed by atoms with Gasteiger partial charge < -0.3 is 15.2 Å². The number of hydrogen-bond donors (Lipinski definition) is 2. The quantitative estimate of drug-likeness (QED) is 0.564. The summed E-state index contributed by atoms with van der Waals surface area (Å²) in [6.45, 7) is 5.68. The van der Waals surface area contributed by atoms with Crippen LogP contribution in [0.2, 0.25) is 0 Å². The summed E-state index contributed by atoms with van der Waals surface area (Å²) in [7, 11) is 0. The number of carbonyl (C=O) groups excluding carboxylic acids is 1. The summed E-state index contributed by atoms with van der Waals surface area (Å²) < 4.78 is 5.33. The Morgan fingerprint density at radius 2 is 2.25 bits per heavy atom. The minimum absolute atomic E-state index is 0.0743. The van der Waals surface area contributed by atoms with Crippen molar-refractivity contribution in [2.45, 2.75) is 25.9 Å². The maximum Gasteiger partial charge on any atom is 0.307 e. The summed E-state index contributed by atoms with van der Waals surface area (Å²) in [6.07, 6.45) is 1.76. The lowest BCUT2D eigenvalue weighted by molar-refractivity contribution is -0.136. The summed E-state index contributed by atoms with van der Waals surface area (Å²) >= 11 is 0. The minimum Gasteiger partial charge on any atom is -0.481 e. The first-order chi connectivity index (χ1) is 9.52. The standard InChI is InChI=1S/C15H19NO4/c1-3-4-8-20-11(2)15(19)16-13-7-5-6-12(9-13)10-14(17)18/h3,5-7,9,11H,1,4,8,10H2,2H3,(H,16,19)(H,17,18). The van der Waals surface area contributed by atoms with Gasteiger partial charge in [0.15, 0.2) is 0 Å². The molecule has 0 aliphatic carbocycles. The SMILES string of the molecule is C=CCCOC(C)C(=O)Nc1cccc(CC(=O)O)c1. The van der Waals surface area contributed by atoms with Crippen molar-refractivity contribution in [1.29, 1.82) is 0 Å². The zero-order valence-electron chi connectivity index (χ0n) is 11.5. The van der Waals surface area contributed by atoms with E-state index in [4.69, 9.17) is 9.84 Å². The Bertz CT molecular complexity index is 485. The molecule has 108 valence electrons. The summed E-state index contributed by atoms with van der Waals surface area (Å²) in [5.41, 5.74) is 1.20. The van der Waals surface area contributed by atoms with Crippen molar-refractivity contribution in [2.75, 3.05) is 11.9 Å². The molecule has 0 bridgehead atoms. The molecule has 0 saturated heterocycles. The number of carboxylic acids is 1. The van der Waals surface area contributed by atoms with E-state index < -0.39 is 12.1 Å². The van der Waals surface area contributed by atoms with Gasteiger partial charge in [0, 0.05) is 5.69 Å². The maximum absolute atomic E-state index is 11.9. The first kappa shape index (κ1) is 15.9. The van der Waals surface area contributed by atoms with Crippen LogP contribution >= 0.6 is 0 Å². The van der Waals surface area contributed by atoms with Gasteiger partial charge in [-0.1, -0.05) is 18.2 Å². The van der Waals surface area contributed by atoms with Gasteiger partial charge in [-0.05, 0) is 31.0 Å². The summed E-state index contributed by atoms with van der Waals surface area (Å²) in [5, 5.41) is 11.4. The molecule has 0 radical (unpaired) electrons. The molecule has 0 spiro atoms. The molecule has 0 aliphatic heterocycles. The molecule has 5 heteroatoms. The fourth-order valence-electron chi connectivity index (χ4n) is 1.58. The predicted octanol–water partition coefficient (Wildman–Crippen LogP) is 2.23. The Hall–Kier alpha value is -2.14. The van der Waals surface area contributed by atoms with E-state index in [0.29, 0.717) is 24.3 Å². The van der Waals surface area contributed by atoms with Crippen LogP contribution in [0.5, 0.6) is 0 Å². The van der Waals surface area contributed by atoms with Crippen LogP contribution in [0.3, 0.4) is 0 Å². The third kappa shape index (κ3) is 5.67. The van der Waals surface area contributed by atoms with Crippen LogP contribution in [0.4, 0.5) is 5.69 Å². The molecular weight excluding hydrogens is 258 g/mol. The van der Waals surface area contributed by atoms with Gasteiger partial charge in [0.2, 0.25) is 0 Å². The molecule has 5 nitrogen and oxygen atoms in total. The molecule has 0 fully saturated rings. The number of aliphatic carboxylic acids is 1. The van der Waals surface area contributed by atoms with E-state index in [1.165, 1.54) is 0 Å². The van der Waals surface area contributed by atoms with Gasteiger partial charge in [-0.2, -0.15) is 0 Å². The van der Waals surface area contributed by atoms with Gasteiger partial charge in [0.25, 0.3) is 5.91 Å². The highest BCUT2D eigenvalue weighted by Gasteiger charge is 2.13. The maximum atomic E-state index is 11.9. The van der Waals surface area contributed by atoms with Crippen molar-refractivity contribution in [1.82, 2.24) is 0 Å². The molecule has 2 N–H and O–H groups in total. The second kappa shape index (κ2) is 8.12. The zero-order valence-corrected chi connectivity index (χ0v) is 11.5. The molecule has 0 heterocycles. The van der Waals surface area contributed by atoms with Gasteiger partial charge in [0.1, 0.15) is 6.10 Å². The monoisotopic (exact) mass is 277 g/mol.